The number of amides is 1. The minimum atomic E-state index is 0.0360. The smallest absolute Gasteiger partial charge is 0.255 e. The molecule has 0 fully saturated rings. The molecular weight excluding hydrogens is 294 g/mol. The van der Waals surface area contributed by atoms with Gasteiger partial charge >= 0.3 is 0 Å². The third-order valence-electron chi connectivity index (χ3n) is 2.90. The van der Waals surface area contributed by atoms with E-state index < -0.39 is 0 Å². The summed E-state index contributed by atoms with van der Waals surface area (Å²) < 4.78 is 5.96. The summed E-state index contributed by atoms with van der Waals surface area (Å²) in [5.74, 6) is 0.0360. The highest BCUT2D eigenvalue weighted by atomic mass is 79.9. The molecule has 0 aromatic heterocycles. The lowest BCUT2D eigenvalue weighted by atomic mass is 10.1. The highest BCUT2D eigenvalue weighted by Crippen LogP contribution is 2.21. The van der Waals surface area contributed by atoms with E-state index in [-0.39, 0.29) is 11.9 Å². The number of hydrogen-bond donors (Lipinski definition) is 0. The number of ether oxygens (including phenoxy) is 1. The molecule has 0 spiro atoms. The quantitative estimate of drug-likeness (QED) is 0.835. The lowest BCUT2D eigenvalue weighted by molar-refractivity contribution is 0.0578. The fraction of sp³-hybridized carbons (Fsp3) is 0.500. The molecular formula is C14H20BrNO2. The highest BCUT2D eigenvalue weighted by molar-refractivity contribution is 9.10. The maximum absolute atomic E-state index is 12.5. The molecule has 0 aliphatic rings. The first-order valence-electron chi connectivity index (χ1n) is 6.07. The number of carbonyl (C=O) groups is 1. The van der Waals surface area contributed by atoms with Crippen LogP contribution < -0.4 is 0 Å². The van der Waals surface area contributed by atoms with Crippen molar-refractivity contribution in [3.05, 3.63) is 33.8 Å². The monoisotopic (exact) mass is 313 g/mol. The van der Waals surface area contributed by atoms with Crippen molar-refractivity contribution in [2.75, 3.05) is 20.3 Å². The molecule has 1 aromatic rings. The molecule has 0 heterocycles. The summed E-state index contributed by atoms with van der Waals surface area (Å²) in [4.78, 5) is 14.3. The fourth-order valence-electron chi connectivity index (χ4n) is 1.93. The third-order valence-corrected chi connectivity index (χ3v) is 3.55. The zero-order valence-electron chi connectivity index (χ0n) is 11.4. The maximum Gasteiger partial charge on any atom is 0.255 e. The Labute approximate surface area is 117 Å². The normalized spacial score (nSPS) is 12.3. The van der Waals surface area contributed by atoms with Gasteiger partial charge in [-0.3, -0.25) is 4.79 Å². The van der Waals surface area contributed by atoms with Gasteiger partial charge in [0.05, 0.1) is 18.2 Å². The average Bonchev–Trinajstić information content (AvgIpc) is 2.29. The lowest BCUT2D eigenvalue weighted by Crippen LogP contribution is -2.41. The van der Waals surface area contributed by atoms with Gasteiger partial charge in [0.25, 0.3) is 5.91 Å². The van der Waals surface area contributed by atoms with Crippen molar-refractivity contribution in [2.45, 2.75) is 26.8 Å². The molecule has 100 valence electrons. The fourth-order valence-corrected chi connectivity index (χ4v) is 2.60. The Balaban J connectivity index is 2.96. The van der Waals surface area contributed by atoms with E-state index in [4.69, 9.17) is 4.74 Å². The van der Waals surface area contributed by atoms with Crippen LogP contribution >= 0.6 is 15.9 Å². The van der Waals surface area contributed by atoms with Crippen LogP contribution in [0.25, 0.3) is 0 Å². The summed E-state index contributed by atoms with van der Waals surface area (Å²) in [5, 5.41) is 0. The molecule has 1 atom stereocenters. The van der Waals surface area contributed by atoms with Crippen molar-refractivity contribution in [3.63, 3.8) is 0 Å². The highest BCUT2D eigenvalue weighted by Gasteiger charge is 2.21. The topological polar surface area (TPSA) is 29.5 Å². The largest absolute Gasteiger partial charge is 0.383 e. The number of likely N-dealkylation sites (N-methyl/N-ethyl adjacent to an activating group) is 1. The first-order valence-corrected chi connectivity index (χ1v) is 6.86. The number of hydrogen-bond acceptors (Lipinski definition) is 2. The Bertz CT molecular complexity index is 420. The van der Waals surface area contributed by atoms with Gasteiger partial charge in [-0.05, 0) is 54.4 Å². The third kappa shape index (κ3) is 3.56. The summed E-state index contributed by atoms with van der Waals surface area (Å²) >= 11 is 3.45. The Hall–Kier alpha value is -0.870. The van der Waals surface area contributed by atoms with Crippen LogP contribution in [0.15, 0.2) is 22.7 Å². The molecule has 1 aromatic carbocycles. The second-order valence-electron chi connectivity index (χ2n) is 4.38. The van der Waals surface area contributed by atoms with Crippen molar-refractivity contribution >= 4 is 21.8 Å². The number of halogens is 1. The molecule has 1 amide bonds. The van der Waals surface area contributed by atoms with Crippen molar-refractivity contribution < 1.29 is 9.53 Å². The van der Waals surface area contributed by atoms with E-state index in [9.17, 15) is 4.79 Å². The summed E-state index contributed by atoms with van der Waals surface area (Å²) in [6.45, 7) is 7.19. The SMILES string of the molecule is CCN(C(=O)c1ccc(C)cc1Br)C(C)COC. The molecule has 4 heteroatoms. The molecule has 1 unspecified atom stereocenters. The number of rotatable bonds is 5. The van der Waals surface area contributed by atoms with E-state index >= 15 is 0 Å². The van der Waals surface area contributed by atoms with Crippen LogP contribution in [0, 0.1) is 6.92 Å². The van der Waals surface area contributed by atoms with E-state index in [2.05, 4.69) is 15.9 Å². The molecule has 0 N–H and O–H groups in total. The van der Waals surface area contributed by atoms with Crippen LogP contribution in [0.4, 0.5) is 0 Å². The van der Waals surface area contributed by atoms with Gasteiger partial charge in [-0.2, -0.15) is 0 Å². The van der Waals surface area contributed by atoms with Crippen LogP contribution in [-0.2, 0) is 4.74 Å². The molecule has 0 aliphatic carbocycles. The minimum Gasteiger partial charge on any atom is -0.383 e. The van der Waals surface area contributed by atoms with Gasteiger partial charge in [-0.25, -0.2) is 0 Å². The maximum atomic E-state index is 12.5. The van der Waals surface area contributed by atoms with Crippen LogP contribution in [0.1, 0.15) is 29.8 Å². The van der Waals surface area contributed by atoms with E-state index in [0.717, 1.165) is 10.0 Å². The molecule has 0 saturated carbocycles. The lowest BCUT2D eigenvalue weighted by Gasteiger charge is -2.28. The van der Waals surface area contributed by atoms with Crippen molar-refractivity contribution in [2.24, 2.45) is 0 Å². The number of carbonyl (C=O) groups excluding carboxylic acids is 1. The Morgan fingerprint density at radius 1 is 1.50 bits per heavy atom. The summed E-state index contributed by atoms with van der Waals surface area (Å²) in [6.07, 6.45) is 0. The average molecular weight is 314 g/mol. The number of nitrogens with zero attached hydrogens (tertiary/aromatic N) is 1. The Morgan fingerprint density at radius 2 is 2.17 bits per heavy atom. The molecule has 18 heavy (non-hydrogen) atoms. The van der Waals surface area contributed by atoms with Crippen molar-refractivity contribution in [3.8, 4) is 0 Å². The van der Waals surface area contributed by atoms with Crippen molar-refractivity contribution in [1.82, 2.24) is 4.90 Å². The van der Waals surface area contributed by atoms with Gasteiger partial charge < -0.3 is 9.64 Å². The number of aryl methyl sites for hydroxylation is 1. The zero-order valence-corrected chi connectivity index (χ0v) is 13.0. The minimum absolute atomic E-state index is 0.0360. The standard InChI is InChI=1S/C14H20BrNO2/c1-5-16(11(3)9-18-4)14(17)12-7-6-10(2)8-13(12)15/h6-8,11H,5,9H2,1-4H3. The molecule has 0 bridgehead atoms. The second-order valence-corrected chi connectivity index (χ2v) is 5.23. The summed E-state index contributed by atoms with van der Waals surface area (Å²) in [5.41, 5.74) is 1.83. The van der Waals surface area contributed by atoms with Crippen LogP contribution in [-0.4, -0.2) is 37.1 Å². The predicted molar refractivity (Wildman–Crippen MR) is 76.9 cm³/mol. The van der Waals surface area contributed by atoms with Gasteiger partial charge in [0.15, 0.2) is 0 Å². The Kier molecular flexibility index (Phi) is 5.82. The van der Waals surface area contributed by atoms with Crippen LogP contribution in [0.5, 0.6) is 0 Å². The van der Waals surface area contributed by atoms with E-state index in [1.807, 2.05) is 43.9 Å². The van der Waals surface area contributed by atoms with Gasteiger partial charge in [-0.15, -0.1) is 0 Å². The molecule has 0 saturated heterocycles. The van der Waals surface area contributed by atoms with Gasteiger partial charge in [0.2, 0.25) is 0 Å². The molecule has 0 aliphatic heterocycles. The van der Waals surface area contributed by atoms with E-state index in [0.29, 0.717) is 18.7 Å². The Morgan fingerprint density at radius 3 is 2.67 bits per heavy atom. The van der Waals surface area contributed by atoms with Crippen molar-refractivity contribution in [1.29, 1.82) is 0 Å². The zero-order chi connectivity index (χ0) is 13.7. The van der Waals surface area contributed by atoms with Gasteiger partial charge in [0, 0.05) is 18.1 Å². The summed E-state index contributed by atoms with van der Waals surface area (Å²) in [7, 11) is 1.65. The van der Waals surface area contributed by atoms with Crippen LogP contribution in [0.2, 0.25) is 0 Å². The molecule has 0 radical (unpaired) electrons. The van der Waals surface area contributed by atoms with Crippen LogP contribution in [0.3, 0.4) is 0 Å². The summed E-state index contributed by atoms with van der Waals surface area (Å²) in [6, 6.07) is 5.85. The molecule has 1 rings (SSSR count). The van der Waals surface area contributed by atoms with Gasteiger partial charge in [0.1, 0.15) is 0 Å². The first-order chi connectivity index (χ1) is 8.51. The first kappa shape index (κ1) is 15.2. The molecule has 3 nitrogen and oxygen atoms in total. The van der Waals surface area contributed by atoms with E-state index in [1.165, 1.54) is 0 Å². The predicted octanol–water partition coefficient (Wildman–Crippen LogP) is 3.25. The number of methoxy groups -OCH3 is 1. The number of benzene rings is 1. The van der Waals surface area contributed by atoms with Gasteiger partial charge in [-0.1, -0.05) is 6.07 Å². The second kappa shape index (κ2) is 6.90. The van der Waals surface area contributed by atoms with E-state index in [1.54, 1.807) is 7.11 Å².